The van der Waals surface area contributed by atoms with Crippen LogP contribution < -0.4 is 20.7 Å². The number of ether oxygens (including phenoxy) is 4. The third-order valence-corrected chi connectivity index (χ3v) is 11.9. The summed E-state index contributed by atoms with van der Waals surface area (Å²) in [5.41, 5.74) is 0.382. The maximum atomic E-state index is 13.1. The summed E-state index contributed by atoms with van der Waals surface area (Å²) in [4.78, 5) is 27.8. The zero-order valence-electron chi connectivity index (χ0n) is 30.7. The average Bonchev–Trinajstić information content (AvgIpc) is 3.56. The monoisotopic (exact) mass is 856 g/mol. The molecule has 53 heavy (non-hydrogen) atoms. The van der Waals surface area contributed by atoms with E-state index in [0.717, 1.165) is 16.7 Å². The molecule has 2 unspecified atom stereocenters. The molecule has 0 bridgehead atoms. The highest BCUT2D eigenvalue weighted by atomic mass is 127. The Labute approximate surface area is 325 Å². The van der Waals surface area contributed by atoms with E-state index in [1.165, 1.54) is 10.8 Å². The third kappa shape index (κ3) is 9.38. The third-order valence-electron chi connectivity index (χ3n) is 8.94. The van der Waals surface area contributed by atoms with E-state index in [4.69, 9.17) is 28.0 Å². The Bertz CT molecular complexity index is 1880. The van der Waals surface area contributed by atoms with Crippen LogP contribution in [0.2, 0.25) is 0 Å². The van der Waals surface area contributed by atoms with Crippen molar-refractivity contribution in [2.75, 3.05) is 27.4 Å². The van der Waals surface area contributed by atoms with Crippen LogP contribution in [0.15, 0.2) is 94.6 Å². The van der Waals surface area contributed by atoms with Crippen molar-refractivity contribution in [3.05, 3.63) is 126 Å². The van der Waals surface area contributed by atoms with Crippen molar-refractivity contribution < 1.29 is 28.0 Å². The molecule has 1 N–H and O–H groups in total. The molecule has 0 aliphatic carbocycles. The molecule has 282 valence electrons. The van der Waals surface area contributed by atoms with Gasteiger partial charge in [0, 0.05) is 24.7 Å². The first-order valence-corrected chi connectivity index (χ1v) is 19.6. The molecule has 14 heteroatoms. The van der Waals surface area contributed by atoms with E-state index in [2.05, 4.69) is 43.4 Å². The Kier molecular flexibility index (Phi) is 14.3. The van der Waals surface area contributed by atoms with Crippen LogP contribution in [0.5, 0.6) is 11.5 Å². The molecular formula is C39H46IN4O8P. The number of aromatic amines is 1. The fraction of sp³-hybridized carbons (Fsp3) is 0.410. The first-order valence-electron chi connectivity index (χ1n) is 17.4. The Morgan fingerprint density at radius 1 is 0.943 bits per heavy atom. The maximum Gasteiger partial charge on any atom is 0.330 e. The Morgan fingerprint density at radius 3 is 2.04 bits per heavy atom. The first kappa shape index (κ1) is 40.6. The molecule has 4 atom stereocenters. The zero-order chi connectivity index (χ0) is 38.1. The molecule has 1 fully saturated rings. The summed E-state index contributed by atoms with van der Waals surface area (Å²) in [5, 5.41) is 9.29. The van der Waals surface area contributed by atoms with E-state index in [1.54, 1.807) is 14.2 Å². The van der Waals surface area contributed by atoms with Crippen LogP contribution in [0.1, 0.15) is 63.5 Å². The van der Waals surface area contributed by atoms with E-state index in [1.807, 2.05) is 101 Å². The molecule has 12 nitrogen and oxygen atoms in total. The van der Waals surface area contributed by atoms with Gasteiger partial charge in [-0.25, -0.2) is 9.46 Å². The molecule has 0 spiro atoms. The number of nitrogens with one attached hydrogen (secondary N) is 1. The summed E-state index contributed by atoms with van der Waals surface area (Å²) in [7, 11) is 1.58. The van der Waals surface area contributed by atoms with E-state index in [-0.39, 0.29) is 38.1 Å². The number of benzene rings is 3. The number of hydrogen-bond donors (Lipinski definition) is 1. The van der Waals surface area contributed by atoms with E-state index in [0.29, 0.717) is 15.1 Å². The molecular weight excluding hydrogens is 810 g/mol. The second-order valence-electron chi connectivity index (χ2n) is 13.0. The second kappa shape index (κ2) is 18.6. The van der Waals surface area contributed by atoms with Crippen LogP contribution in [0.3, 0.4) is 0 Å². The number of halogens is 1. The van der Waals surface area contributed by atoms with Gasteiger partial charge in [0.25, 0.3) is 14.1 Å². The fourth-order valence-corrected chi connectivity index (χ4v) is 8.69. The summed E-state index contributed by atoms with van der Waals surface area (Å²) >= 11 is 1.90. The minimum absolute atomic E-state index is 0.0358. The molecule has 1 aliphatic heterocycles. The zero-order valence-corrected chi connectivity index (χ0v) is 33.8. The number of H-pyrrole nitrogens is 1. The van der Waals surface area contributed by atoms with Crippen LogP contribution >= 0.6 is 31.1 Å². The van der Waals surface area contributed by atoms with Crippen LogP contribution in [0.25, 0.3) is 0 Å². The lowest BCUT2D eigenvalue weighted by molar-refractivity contribution is -0.0926. The van der Waals surface area contributed by atoms with E-state index < -0.39 is 43.8 Å². The average molecular weight is 857 g/mol. The summed E-state index contributed by atoms with van der Waals surface area (Å²) in [5.74, 6) is 1.40. The normalized spacial score (nSPS) is 18.0. The highest BCUT2D eigenvalue weighted by Crippen LogP contribution is 2.50. The van der Waals surface area contributed by atoms with Crippen molar-refractivity contribution in [2.45, 2.75) is 76.7 Å². The van der Waals surface area contributed by atoms with Gasteiger partial charge in [0.05, 0.1) is 49.6 Å². The van der Waals surface area contributed by atoms with Gasteiger partial charge < -0.3 is 28.0 Å². The highest BCUT2D eigenvalue weighted by Gasteiger charge is 2.45. The van der Waals surface area contributed by atoms with Gasteiger partial charge in [0.15, 0.2) is 0 Å². The summed E-state index contributed by atoms with van der Waals surface area (Å²) < 4.78 is 41.9. The number of aromatic nitrogens is 2. The molecule has 2 heterocycles. The van der Waals surface area contributed by atoms with E-state index in [9.17, 15) is 14.9 Å². The van der Waals surface area contributed by atoms with Gasteiger partial charge in [0.2, 0.25) is 0 Å². The van der Waals surface area contributed by atoms with Gasteiger partial charge in [0.1, 0.15) is 29.4 Å². The standard InChI is InChI=1S/C39H46IN4O8P/c1-26(2)44(27(3)4)53(50-22-10-21-41)52-34-23-36(43-24-33(40)37(45)42-38(43)46)51-35(34)25-49-39(28-11-8-7-9-12-28,29-13-17-31(47-5)18-14-29)30-15-19-32(48-6)20-16-30/h7-9,11-20,24,26-27,34-36H,10,22-23,25H2,1-6H3,(H,42,45,46)/t34?,35-,36-,53?/m1/s1. The lowest BCUT2D eigenvalue weighted by Gasteiger charge is -2.39. The summed E-state index contributed by atoms with van der Waals surface area (Å²) in [6, 6.07) is 27.7. The van der Waals surface area contributed by atoms with Gasteiger partial charge in [-0.05, 0) is 91.2 Å². The maximum absolute atomic E-state index is 13.1. The lowest BCUT2D eigenvalue weighted by atomic mass is 9.80. The molecule has 5 rings (SSSR count). The van der Waals surface area contributed by atoms with Crippen LogP contribution in [0.4, 0.5) is 0 Å². The molecule has 0 amide bonds. The predicted octanol–water partition coefficient (Wildman–Crippen LogP) is 7.12. The van der Waals surface area contributed by atoms with Gasteiger partial charge >= 0.3 is 5.69 Å². The summed E-state index contributed by atoms with van der Waals surface area (Å²) in [6.45, 7) is 8.51. The predicted molar refractivity (Wildman–Crippen MR) is 211 cm³/mol. The topological polar surface area (TPSA) is 137 Å². The van der Waals surface area contributed by atoms with Crippen molar-refractivity contribution in [1.29, 1.82) is 5.26 Å². The number of methoxy groups -OCH3 is 2. The smallest absolute Gasteiger partial charge is 0.330 e. The van der Waals surface area contributed by atoms with Crippen molar-refractivity contribution in [2.24, 2.45) is 0 Å². The summed E-state index contributed by atoms with van der Waals surface area (Å²) in [6.07, 6.45) is -0.105. The minimum Gasteiger partial charge on any atom is -0.497 e. The molecule has 1 saturated heterocycles. The highest BCUT2D eigenvalue weighted by molar-refractivity contribution is 14.1. The van der Waals surface area contributed by atoms with Crippen molar-refractivity contribution in [3.8, 4) is 17.6 Å². The minimum atomic E-state index is -1.67. The Morgan fingerprint density at radius 2 is 1.51 bits per heavy atom. The first-order chi connectivity index (χ1) is 25.5. The number of nitriles is 1. The Hall–Kier alpha value is -3.61. The van der Waals surface area contributed by atoms with Gasteiger partial charge in [-0.1, -0.05) is 54.6 Å². The molecule has 4 aromatic rings. The number of nitrogens with zero attached hydrogens (tertiary/aromatic N) is 3. The lowest BCUT2D eigenvalue weighted by Crippen LogP contribution is -2.39. The van der Waals surface area contributed by atoms with Crippen LogP contribution in [0, 0.1) is 14.9 Å². The van der Waals surface area contributed by atoms with E-state index >= 15 is 0 Å². The quantitative estimate of drug-likeness (QED) is 0.0506. The molecule has 3 aromatic carbocycles. The van der Waals surface area contributed by atoms with Crippen molar-refractivity contribution in [1.82, 2.24) is 14.2 Å². The van der Waals surface area contributed by atoms with Gasteiger partial charge in [-0.3, -0.25) is 14.3 Å². The largest absolute Gasteiger partial charge is 0.497 e. The van der Waals surface area contributed by atoms with Gasteiger partial charge in [-0.2, -0.15) is 5.26 Å². The molecule has 1 aromatic heterocycles. The number of hydrogen-bond acceptors (Lipinski definition) is 10. The van der Waals surface area contributed by atoms with Crippen LogP contribution in [-0.4, -0.2) is 65.9 Å². The Balaban J connectivity index is 1.60. The second-order valence-corrected chi connectivity index (χ2v) is 15.6. The van der Waals surface area contributed by atoms with Crippen molar-refractivity contribution >= 4 is 31.1 Å². The van der Waals surface area contributed by atoms with Gasteiger partial charge in [-0.15, -0.1) is 0 Å². The molecule has 0 radical (unpaired) electrons. The fourth-order valence-electron chi connectivity index (χ4n) is 6.50. The molecule has 1 aliphatic rings. The number of rotatable bonds is 17. The molecule has 0 saturated carbocycles. The van der Waals surface area contributed by atoms with Crippen molar-refractivity contribution in [3.63, 3.8) is 0 Å². The SMILES string of the molecule is COc1ccc(C(OC[C@H]2O[C@@H](n3cc(I)c(=O)[nH]c3=O)CC2OP(OCCC#N)N(C(C)C)C(C)C)(c2ccccc2)c2ccc(OC)cc2)cc1. The van der Waals surface area contributed by atoms with Crippen LogP contribution in [-0.2, 0) is 24.1 Å².